The number of hydrogen-bond donors (Lipinski definition) is 0. The molecule has 0 nitrogen and oxygen atoms in total. The van der Waals surface area contributed by atoms with Gasteiger partial charge >= 0.3 is 0 Å². The van der Waals surface area contributed by atoms with Crippen LogP contribution in [0.15, 0.2) is 24.3 Å². The molecule has 0 N–H and O–H groups in total. The Hall–Kier alpha value is -0.350. The Morgan fingerprint density at radius 3 is 1.86 bits per heavy atom. The highest BCUT2D eigenvalue weighted by Gasteiger charge is 2.32. The minimum Gasteiger partial charge on any atom is -0.0687 e. The first-order chi connectivity index (χ1) is 10.4. The predicted octanol–water partition coefficient (Wildman–Crippen LogP) is 6.02. The highest BCUT2D eigenvalue weighted by Crippen LogP contribution is 2.55. The van der Waals surface area contributed by atoms with Crippen molar-refractivity contribution in [2.45, 2.75) is 88.9 Å². The fraction of sp³-hybridized carbons (Fsp3) is 0.700. The van der Waals surface area contributed by atoms with Crippen LogP contribution in [0.3, 0.4) is 0 Å². The fourth-order valence-corrected chi connectivity index (χ4v) is 8.52. The van der Waals surface area contributed by atoms with Crippen LogP contribution >= 0.6 is 7.92 Å². The van der Waals surface area contributed by atoms with Crippen molar-refractivity contribution >= 4 is 13.2 Å². The average molecular weight is 302 g/mol. The van der Waals surface area contributed by atoms with Crippen LogP contribution in [-0.4, -0.2) is 11.3 Å². The van der Waals surface area contributed by atoms with Gasteiger partial charge in [0.15, 0.2) is 0 Å². The Morgan fingerprint density at radius 2 is 1.33 bits per heavy atom. The molecule has 0 aliphatic heterocycles. The summed E-state index contributed by atoms with van der Waals surface area (Å²) >= 11 is 0. The van der Waals surface area contributed by atoms with E-state index in [-0.39, 0.29) is 7.92 Å². The number of benzene rings is 1. The first-order valence-corrected chi connectivity index (χ1v) is 10.7. The van der Waals surface area contributed by atoms with Gasteiger partial charge in [0.1, 0.15) is 0 Å². The Kier molecular flexibility index (Phi) is 5.75. The van der Waals surface area contributed by atoms with E-state index in [9.17, 15) is 0 Å². The molecule has 21 heavy (non-hydrogen) atoms. The van der Waals surface area contributed by atoms with Crippen molar-refractivity contribution in [3.05, 3.63) is 29.8 Å². The zero-order chi connectivity index (χ0) is 14.5. The van der Waals surface area contributed by atoms with Crippen molar-refractivity contribution in [1.82, 2.24) is 0 Å². The average Bonchev–Trinajstić information content (AvgIpc) is 2.58. The van der Waals surface area contributed by atoms with Crippen LogP contribution in [-0.2, 0) is 6.42 Å². The van der Waals surface area contributed by atoms with Gasteiger partial charge in [-0.15, -0.1) is 0 Å². The first kappa shape index (κ1) is 15.5. The highest BCUT2D eigenvalue weighted by atomic mass is 31.1. The van der Waals surface area contributed by atoms with Gasteiger partial charge in [0.05, 0.1) is 0 Å². The Labute approximate surface area is 132 Å². The summed E-state index contributed by atoms with van der Waals surface area (Å²) in [6.45, 7) is 2.34. The van der Waals surface area contributed by atoms with E-state index in [4.69, 9.17) is 0 Å². The molecule has 2 aliphatic rings. The van der Waals surface area contributed by atoms with Crippen LogP contribution in [0.1, 0.15) is 76.7 Å². The van der Waals surface area contributed by atoms with Gasteiger partial charge in [-0.25, -0.2) is 0 Å². The summed E-state index contributed by atoms with van der Waals surface area (Å²) in [4.78, 5) is 0. The summed E-state index contributed by atoms with van der Waals surface area (Å²) in [5.74, 6) is 0. The van der Waals surface area contributed by atoms with Gasteiger partial charge in [-0.05, 0) is 54.3 Å². The summed E-state index contributed by atoms with van der Waals surface area (Å²) in [6.07, 6.45) is 16.2. The summed E-state index contributed by atoms with van der Waals surface area (Å²) in [5.41, 5.74) is 3.72. The monoisotopic (exact) mass is 302 g/mol. The third kappa shape index (κ3) is 3.70. The van der Waals surface area contributed by atoms with E-state index in [0.717, 1.165) is 11.3 Å². The van der Waals surface area contributed by atoms with Crippen LogP contribution < -0.4 is 5.30 Å². The number of hydrogen-bond acceptors (Lipinski definition) is 0. The molecule has 2 saturated carbocycles. The van der Waals surface area contributed by atoms with Crippen molar-refractivity contribution in [2.75, 3.05) is 0 Å². The molecular weight excluding hydrogens is 271 g/mol. The Bertz CT molecular complexity index is 409. The predicted molar refractivity (Wildman–Crippen MR) is 96.1 cm³/mol. The molecule has 0 aromatic heterocycles. The van der Waals surface area contributed by atoms with Crippen LogP contribution in [0, 0.1) is 0 Å². The zero-order valence-corrected chi connectivity index (χ0v) is 14.6. The van der Waals surface area contributed by atoms with E-state index in [1.165, 1.54) is 70.6 Å². The first-order valence-electron chi connectivity index (χ1n) is 9.26. The third-order valence-electron chi connectivity index (χ3n) is 5.59. The standard InChI is InChI=1S/C20H31P/c1-2-17-11-9-10-16-20(17)21(18-12-5-3-6-13-18)19-14-7-4-8-15-19/h9-11,16,18-19H,2-8,12-15H2,1H3. The molecule has 0 atom stereocenters. The molecule has 1 aromatic carbocycles. The summed E-state index contributed by atoms with van der Waals surface area (Å²) in [7, 11) is 0.0813. The van der Waals surface area contributed by atoms with Gasteiger partial charge in [0, 0.05) is 0 Å². The van der Waals surface area contributed by atoms with E-state index in [1.807, 2.05) is 0 Å². The lowest BCUT2D eigenvalue weighted by atomic mass is 9.99. The molecule has 2 fully saturated rings. The van der Waals surface area contributed by atoms with Crippen molar-refractivity contribution in [3.8, 4) is 0 Å². The lowest BCUT2D eigenvalue weighted by Gasteiger charge is -2.39. The van der Waals surface area contributed by atoms with Crippen LogP contribution in [0.5, 0.6) is 0 Å². The zero-order valence-electron chi connectivity index (χ0n) is 13.7. The molecule has 0 amide bonds. The largest absolute Gasteiger partial charge is 0.0687 e. The van der Waals surface area contributed by atoms with Crippen molar-refractivity contribution < 1.29 is 0 Å². The molecule has 2 aliphatic carbocycles. The van der Waals surface area contributed by atoms with Crippen LogP contribution in [0.4, 0.5) is 0 Å². The lowest BCUT2D eigenvalue weighted by Crippen LogP contribution is -2.27. The fourth-order valence-electron chi connectivity index (χ4n) is 4.47. The third-order valence-corrected chi connectivity index (χ3v) is 9.19. The maximum absolute atomic E-state index is 2.49. The van der Waals surface area contributed by atoms with E-state index < -0.39 is 0 Å². The quantitative estimate of drug-likeness (QED) is 0.596. The van der Waals surface area contributed by atoms with Crippen LogP contribution in [0.25, 0.3) is 0 Å². The highest BCUT2D eigenvalue weighted by molar-refractivity contribution is 7.67. The van der Waals surface area contributed by atoms with Crippen molar-refractivity contribution in [2.24, 2.45) is 0 Å². The molecule has 0 saturated heterocycles. The molecule has 3 rings (SSSR count). The molecular formula is C20H31P. The summed E-state index contributed by atoms with van der Waals surface area (Å²) < 4.78 is 0. The SMILES string of the molecule is CCc1ccccc1P(C1CCCCC1)C1CCCCC1. The Morgan fingerprint density at radius 1 is 0.810 bits per heavy atom. The van der Waals surface area contributed by atoms with E-state index >= 15 is 0 Å². The smallest absolute Gasteiger partial charge is 0.0166 e. The van der Waals surface area contributed by atoms with Crippen molar-refractivity contribution in [3.63, 3.8) is 0 Å². The lowest BCUT2D eigenvalue weighted by molar-refractivity contribution is 0.487. The Balaban J connectivity index is 1.89. The number of rotatable bonds is 4. The van der Waals surface area contributed by atoms with E-state index in [1.54, 1.807) is 10.9 Å². The minimum absolute atomic E-state index is 0.0813. The second-order valence-electron chi connectivity index (χ2n) is 6.97. The van der Waals surface area contributed by atoms with Gasteiger partial charge < -0.3 is 0 Å². The summed E-state index contributed by atoms with van der Waals surface area (Å²) in [6, 6.07) is 9.44. The normalized spacial score (nSPS) is 21.8. The molecule has 1 aromatic rings. The van der Waals surface area contributed by atoms with E-state index in [0.29, 0.717) is 0 Å². The molecule has 0 bridgehead atoms. The second-order valence-corrected chi connectivity index (χ2v) is 9.73. The second kappa shape index (κ2) is 7.77. The van der Waals surface area contributed by atoms with Gasteiger partial charge in [-0.3, -0.25) is 0 Å². The van der Waals surface area contributed by atoms with Gasteiger partial charge in [-0.2, -0.15) is 0 Å². The maximum atomic E-state index is 2.49. The molecule has 1 heteroatoms. The van der Waals surface area contributed by atoms with Crippen molar-refractivity contribution in [1.29, 1.82) is 0 Å². The van der Waals surface area contributed by atoms with Gasteiger partial charge in [0.25, 0.3) is 0 Å². The molecule has 0 unspecified atom stereocenters. The molecule has 0 heterocycles. The van der Waals surface area contributed by atoms with E-state index in [2.05, 4.69) is 31.2 Å². The van der Waals surface area contributed by atoms with Crippen LogP contribution in [0.2, 0.25) is 0 Å². The van der Waals surface area contributed by atoms with Gasteiger partial charge in [0.2, 0.25) is 0 Å². The summed E-state index contributed by atoms with van der Waals surface area (Å²) in [5, 5.41) is 1.79. The molecule has 116 valence electrons. The maximum Gasteiger partial charge on any atom is -0.0166 e. The molecule has 0 spiro atoms. The minimum atomic E-state index is 0.0813. The van der Waals surface area contributed by atoms with Gasteiger partial charge in [-0.1, -0.05) is 77.6 Å². The number of aryl methyl sites for hydroxylation is 1. The molecule has 0 radical (unpaired) electrons. The topological polar surface area (TPSA) is 0 Å².